The quantitative estimate of drug-likeness (QED) is 0.652. The summed E-state index contributed by atoms with van der Waals surface area (Å²) < 4.78 is 0. The Kier molecular flexibility index (Phi) is 4.83. The van der Waals surface area contributed by atoms with Crippen LogP contribution in [0.15, 0.2) is 0 Å². The van der Waals surface area contributed by atoms with Crippen LogP contribution in [0.1, 0.15) is 26.7 Å². The van der Waals surface area contributed by atoms with Gasteiger partial charge in [0.2, 0.25) is 0 Å². The first-order chi connectivity index (χ1) is 5.99. The van der Waals surface area contributed by atoms with Crippen LogP contribution in [-0.4, -0.2) is 16.9 Å². The fraction of sp³-hybridized carbons (Fsp3) is 0.600. The van der Waals surface area contributed by atoms with Crippen molar-refractivity contribution in [1.82, 2.24) is 0 Å². The van der Waals surface area contributed by atoms with Gasteiger partial charge in [-0.05, 0) is 0 Å². The van der Waals surface area contributed by atoms with E-state index < -0.39 is 11.9 Å². The molecule has 0 rings (SSSR count). The highest BCUT2D eigenvalue weighted by Gasteiger charge is 2.19. The van der Waals surface area contributed by atoms with E-state index in [2.05, 4.69) is 5.92 Å². The third-order valence-electron chi connectivity index (χ3n) is 1.90. The largest absolute Gasteiger partial charge is 0.481 e. The average molecular weight is 182 g/mol. The van der Waals surface area contributed by atoms with Gasteiger partial charge in [0.15, 0.2) is 0 Å². The van der Waals surface area contributed by atoms with Crippen LogP contribution in [0.25, 0.3) is 0 Å². The summed E-state index contributed by atoms with van der Waals surface area (Å²) >= 11 is 0. The van der Waals surface area contributed by atoms with Gasteiger partial charge in [-0.3, -0.25) is 9.59 Å². The van der Waals surface area contributed by atoms with Gasteiger partial charge in [0, 0.05) is 18.8 Å². The molecule has 13 heavy (non-hydrogen) atoms. The number of carboxylic acid groups (broad SMARTS) is 1. The molecule has 0 spiro atoms. The number of carbonyl (C=O) groups is 2. The smallest absolute Gasteiger partial charge is 0.306 e. The zero-order chi connectivity index (χ0) is 10.4. The number of hydrogen-bond donors (Lipinski definition) is 1. The fourth-order valence-electron chi connectivity index (χ4n) is 0.881. The van der Waals surface area contributed by atoms with Crippen molar-refractivity contribution < 1.29 is 14.7 Å². The zero-order valence-electron chi connectivity index (χ0n) is 7.91. The van der Waals surface area contributed by atoms with E-state index in [9.17, 15) is 9.59 Å². The van der Waals surface area contributed by atoms with Crippen molar-refractivity contribution in [3.63, 3.8) is 0 Å². The molecule has 0 heterocycles. The lowest BCUT2D eigenvalue weighted by Gasteiger charge is -2.08. The highest BCUT2D eigenvalue weighted by molar-refractivity contribution is 5.85. The van der Waals surface area contributed by atoms with E-state index >= 15 is 0 Å². The zero-order valence-corrected chi connectivity index (χ0v) is 7.91. The van der Waals surface area contributed by atoms with E-state index in [0.29, 0.717) is 6.42 Å². The Labute approximate surface area is 78.1 Å². The van der Waals surface area contributed by atoms with Gasteiger partial charge in [0.25, 0.3) is 0 Å². The van der Waals surface area contributed by atoms with E-state index in [-0.39, 0.29) is 18.1 Å². The maximum atomic E-state index is 11.3. The third kappa shape index (κ3) is 4.32. The molecule has 0 bridgehead atoms. The van der Waals surface area contributed by atoms with Crippen molar-refractivity contribution >= 4 is 11.8 Å². The van der Waals surface area contributed by atoms with Gasteiger partial charge >= 0.3 is 5.97 Å². The Hall–Kier alpha value is -1.30. The second-order valence-electron chi connectivity index (χ2n) is 3.22. The van der Waals surface area contributed by atoms with Crippen molar-refractivity contribution in [2.45, 2.75) is 26.7 Å². The molecule has 0 radical (unpaired) electrons. The number of carbonyl (C=O) groups excluding carboxylic acids is 1. The van der Waals surface area contributed by atoms with E-state index in [4.69, 9.17) is 11.5 Å². The van der Waals surface area contributed by atoms with Gasteiger partial charge in [-0.15, -0.1) is 12.3 Å². The first kappa shape index (κ1) is 11.7. The van der Waals surface area contributed by atoms with Crippen molar-refractivity contribution in [3.8, 4) is 12.3 Å². The van der Waals surface area contributed by atoms with Crippen LogP contribution in [0.3, 0.4) is 0 Å². The van der Waals surface area contributed by atoms with Crippen molar-refractivity contribution in [1.29, 1.82) is 0 Å². The molecule has 0 unspecified atom stereocenters. The highest BCUT2D eigenvalue weighted by atomic mass is 16.4. The molecular weight excluding hydrogens is 168 g/mol. The summed E-state index contributed by atoms with van der Waals surface area (Å²) in [5, 5.41) is 8.55. The molecule has 0 aromatic rings. The molecule has 0 aromatic carbocycles. The van der Waals surface area contributed by atoms with Crippen molar-refractivity contribution in [2.24, 2.45) is 11.8 Å². The fourth-order valence-corrected chi connectivity index (χ4v) is 0.881. The Morgan fingerprint density at radius 1 is 1.38 bits per heavy atom. The van der Waals surface area contributed by atoms with E-state index in [0.717, 1.165) is 0 Å². The average Bonchev–Trinajstić information content (AvgIpc) is 2.04. The monoisotopic (exact) mass is 182 g/mol. The molecular formula is C10H14O3. The van der Waals surface area contributed by atoms with Gasteiger partial charge < -0.3 is 5.11 Å². The minimum absolute atomic E-state index is 0.0676. The molecule has 0 saturated heterocycles. The molecule has 0 aliphatic rings. The summed E-state index contributed by atoms with van der Waals surface area (Å²) in [5.74, 6) is 0.516. The third-order valence-corrected chi connectivity index (χ3v) is 1.90. The summed E-state index contributed by atoms with van der Waals surface area (Å²) in [6, 6.07) is 0. The van der Waals surface area contributed by atoms with Crippen molar-refractivity contribution in [2.75, 3.05) is 0 Å². The maximum Gasteiger partial charge on any atom is 0.306 e. The summed E-state index contributed by atoms with van der Waals surface area (Å²) in [6.07, 6.45) is 5.49. The van der Waals surface area contributed by atoms with Gasteiger partial charge in [0.1, 0.15) is 5.78 Å². The molecule has 3 heteroatoms. The SMILES string of the molecule is C#CC[C@H](C)C(=O)C[C@@H](C)C(=O)O. The Balaban J connectivity index is 4.01. The minimum atomic E-state index is -0.943. The molecule has 0 saturated carbocycles. The van der Waals surface area contributed by atoms with E-state index in [1.54, 1.807) is 6.92 Å². The molecule has 0 aliphatic carbocycles. The van der Waals surface area contributed by atoms with Crippen LogP contribution in [0, 0.1) is 24.2 Å². The lowest BCUT2D eigenvalue weighted by Crippen LogP contribution is -2.19. The predicted molar refractivity (Wildman–Crippen MR) is 49.0 cm³/mol. The predicted octanol–water partition coefficient (Wildman–Crippen LogP) is 1.33. The molecule has 0 amide bonds. The van der Waals surface area contributed by atoms with Gasteiger partial charge in [-0.25, -0.2) is 0 Å². The first-order valence-corrected chi connectivity index (χ1v) is 4.18. The lowest BCUT2D eigenvalue weighted by atomic mass is 9.95. The standard InChI is InChI=1S/C10H14O3/c1-4-5-7(2)9(11)6-8(3)10(12)13/h1,7-8H,5-6H2,2-3H3,(H,12,13)/t7-,8+/m0/s1. The maximum absolute atomic E-state index is 11.3. The minimum Gasteiger partial charge on any atom is -0.481 e. The normalized spacial score (nSPS) is 14.2. The molecule has 2 atom stereocenters. The number of rotatable bonds is 5. The number of ketones is 1. The van der Waals surface area contributed by atoms with Crippen molar-refractivity contribution in [3.05, 3.63) is 0 Å². The first-order valence-electron chi connectivity index (χ1n) is 4.18. The van der Waals surface area contributed by atoms with Crippen LogP contribution in [0.4, 0.5) is 0 Å². The summed E-state index contributed by atoms with van der Waals surface area (Å²) in [4.78, 5) is 21.7. The van der Waals surface area contributed by atoms with E-state index in [1.807, 2.05) is 0 Å². The summed E-state index contributed by atoms with van der Waals surface area (Å²) in [5.41, 5.74) is 0. The molecule has 0 fully saturated rings. The second kappa shape index (κ2) is 5.36. The summed E-state index contributed by atoms with van der Waals surface area (Å²) in [6.45, 7) is 3.24. The van der Waals surface area contributed by atoms with Gasteiger partial charge in [-0.1, -0.05) is 13.8 Å². The molecule has 0 aliphatic heterocycles. The number of aliphatic carboxylic acids is 1. The van der Waals surface area contributed by atoms with Crippen LogP contribution >= 0.6 is 0 Å². The topological polar surface area (TPSA) is 54.4 Å². The Morgan fingerprint density at radius 3 is 2.31 bits per heavy atom. The summed E-state index contributed by atoms with van der Waals surface area (Å²) in [7, 11) is 0. The second-order valence-corrected chi connectivity index (χ2v) is 3.22. The van der Waals surface area contributed by atoms with E-state index in [1.165, 1.54) is 6.92 Å². The lowest BCUT2D eigenvalue weighted by molar-refractivity contribution is -0.143. The molecule has 1 N–H and O–H groups in total. The van der Waals surface area contributed by atoms with Gasteiger partial charge in [-0.2, -0.15) is 0 Å². The van der Waals surface area contributed by atoms with Crippen LogP contribution in [0.5, 0.6) is 0 Å². The number of carboxylic acids is 1. The van der Waals surface area contributed by atoms with Crippen LogP contribution < -0.4 is 0 Å². The van der Waals surface area contributed by atoms with Crippen LogP contribution in [-0.2, 0) is 9.59 Å². The highest BCUT2D eigenvalue weighted by Crippen LogP contribution is 2.11. The van der Waals surface area contributed by atoms with Gasteiger partial charge in [0.05, 0.1) is 5.92 Å². The number of terminal acetylenes is 1. The number of hydrogen-bond acceptors (Lipinski definition) is 2. The van der Waals surface area contributed by atoms with Crippen LogP contribution in [0.2, 0.25) is 0 Å². The number of Topliss-reactive ketones (excluding diaryl/α,β-unsaturated/α-hetero) is 1. The molecule has 72 valence electrons. The molecule has 0 aromatic heterocycles. The molecule has 3 nitrogen and oxygen atoms in total. The Bertz CT molecular complexity index is 237. The Morgan fingerprint density at radius 2 is 1.92 bits per heavy atom.